The van der Waals surface area contributed by atoms with Crippen molar-refractivity contribution in [2.75, 3.05) is 12.3 Å². The molecule has 0 unspecified atom stereocenters. The molecule has 0 saturated heterocycles. The summed E-state index contributed by atoms with van der Waals surface area (Å²) in [6.45, 7) is 3.85. The van der Waals surface area contributed by atoms with Crippen LogP contribution >= 0.6 is 27.7 Å². The van der Waals surface area contributed by atoms with E-state index in [1.54, 1.807) is 6.92 Å². The van der Waals surface area contributed by atoms with Gasteiger partial charge < -0.3 is 14.9 Å². The van der Waals surface area contributed by atoms with Crippen LogP contribution in [0.1, 0.15) is 28.7 Å². The molecule has 0 amide bonds. The largest absolute Gasteiger partial charge is 0.462 e. The molecule has 1 aromatic carbocycles. The highest BCUT2D eigenvalue weighted by Gasteiger charge is 2.16. The fourth-order valence-corrected chi connectivity index (χ4v) is 3.48. The van der Waals surface area contributed by atoms with Gasteiger partial charge in [-0.05, 0) is 32.0 Å². The molecule has 0 aliphatic heterocycles. The van der Waals surface area contributed by atoms with Crippen LogP contribution in [0.15, 0.2) is 44.5 Å². The van der Waals surface area contributed by atoms with Crippen molar-refractivity contribution in [2.45, 2.75) is 24.8 Å². The quantitative estimate of drug-likeness (QED) is 0.338. The van der Waals surface area contributed by atoms with E-state index in [9.17, 15) is 4.79 Å². The number of hydrogen-bond donors (Lipinski definition) is 1. The summed E-state index contributed by atoms with van der Waals surface area (Å²) in [5, 5.41) is 0.451. The first-order chi connectivity index (χ1) is 13.0. The van der Waals surface area contributed by atoms with Crippen LogP contribution in [0.5, 0.6) is 0 Å². The number of aromatic nitrogens is 3. The SMILES string of the molecule is CCOC(=O)c1cnc(SCc2nc(-c3cccc(Br)c3)oc2C)nc1N. The highest BCUT2D eigenvalue weighted by molar-refractivity contribution is 9.10. The average Bonchev–Trinajstić information content (AvgIpc) is 3.01. The standard InChI is InChI=1S/C18H17BrN4O3S/c1-3-25-17(24)13-8-21-18(23-15(13)20)27-9-14-10(2)26-16(22-14)11-5-4-6-12(19)7-11/h4-8H,3,9H2,1-2H3,(H2,20,21,23). The molecule has 27 heavy (non-hydrogen) atoms. The molecule has 0 spiro atoms. The molecule has 2 N–H and O–H groups in total. The van der Waals surface area contributed by atoms with E-state index in [0.717, 1.165) is 21.5 Å². The zero-order chi connectivity index (χ0) is 19.4. The van der Waals surface area contributed by atoms with Gasteiger partial charge in [-0.1, -0.05) is 33.8 Å². The Morgan fingerprint density at radius 1 is 1.37 bits per heavy atom. The number of nitrogens with zero attached hydrogens (tertiary/aromatic N) is 3. The van der Waals surface area contributed by atoms with Crippen molar-refractivity contribution in [2.24, 2.45) is 0 Å². The van der Waals surface area contributed by atoms with Crippen LogP contribution < -0.4 is 5.73 Å². The van der Waals surface area contributed by atoms with Crippen molar-refractivity contribution in [3.8, 4) is 11.5 Å². The average molecular weight is 449 g/mol. The molecule has 0 atom stereocenters. The van der Waals surface area contributed by atoms with Crippen molar-refractivity contribution in [1.29, 1.82) is 0 Å². The fourth-order valence-electron chi connectivity index (χ4n) is 2.25. The topological polar surface area (TPSA) is 104 Å². The van der Waals surface area contributed by atoms with Gasteiger partial charge in [0.05, 0.1) is 12.3 Å². The minimum absolute atomic E-state index is 0.0950. The van der Waals surface area contributed by atoms with Gasteiger partial charge in [0.2, 0.25) is 5.89 Å². The molecule has 0 fully saturated rings. The zero-order valence-corrected chi connectivity index (χ0v) is 17.1. The first kappa shape index (κ1) is 19.4. The number of ether oxygens (including phenoxy) is 1. The van der Waals surface area contributed by atoms with Gasteiger partial charge in [0, 0.05) is 22.0 Å². The third kappa shape index (κ3) is 4.67. The van der Waals surface area contributed by atoms with Crippen LogP contribution in [-0.2, 0) is 10.5 Å². The van der Waals surface area contributed by atoms with Crippen molar-refractivity contribution in [1.82, 2.24) is 15.0 Å². The number of nitrogen functional groups attached to an aromatic ring is 1. The van der Waals surface area contributed by atoms with Gasteiger partial charge in [-0.2, -0.15) is 0 Å². The summed E-state index contributed by atoms with van der Waals surface area (Å²) in [5.74, 6) is 1.37. The molecule has 2 aromatic heterocycles. The van der Waals surface area contributed by atoms with Gasteiger partial charge >= 0.3 is 5.97 Å². The number of rotatable bonds is 6. The number of esters is 1. The maximum absolute atomic E-state index is 11.7. The maximum Gasteiger partial charge on any atom is 0.343 e. The number of benzene rings is 1. The number of thioether (sulfide) groups is 1. The van der Waals surface area contributed by atoms with Crippen LogP contribution in [0.3, 0.4) is 0 Å². The summed E-state index contributed by atoms with van der Waals surface area (Å²) in [7, 11) is 0. The van der Waals surface area contributed by atoms with Crippen LogP contribution in [0.4, 0.5) is 5.82 Å². The summed E-state index contributed by atoms with van der Waals surface area (Å²) in [6.07, 6.45) is 1.38. The molecule has 0 aliphatic rings. The number of aryl methyl sites for hydroxylation is 1. The van der Waals surface area contributed by atoms with Gasteiger partial charge in [0.1, 0.15) is 17.1 Å². The van der Waals surface area contributed by atoms with Gasteiger partial charge in [0.15, 0.2) is 5.16 Å². The Morgan fingerprint density at radius 2 is 2.19 bits per heavy atom. The van der Waals surface area contributed by atoms with E-state index < -0.39 is 5.97 Å². The third-order valence-electron chi connectivity index (χ3n) is 3.59. The monoisotopic (exact) mass is 448 g/mol. The highest BCUT2D eigenvalue weighted by Crippen LogP contribution is 2.28. The summed E-state index contributed by atoms with van der Waals surface area (Å²) < 4.78 is 11.6. The number of carbonyl (C=O) groups excluding carboxylic acids is 1. The molecule has 3 rings (SSSR count). The molecule has 0 bridgehead atoms. The van der Waals surface area contributed by atoms with Crippen molar-refractivity contribution in [3.05, 3.63) is 52.0 Å². The fraction of sp³-hybridized carbons (Fsp3) is 0.222. The molecule has 0 aliphatic carbocycles. The Labute approximate surface area is 168 Å². The lowest BCUT2D eigenvalue weighted by Gasteiger charge is -2.05. The van der Waals surface area contributed by atoms with Crippen LogP contribution in [0.25, 0.3) is 11.5 Å². The number of halogens is 1. The van der Waals surface area contributed by atoms with Gasteiger partial charge in [-0.3, -0.25) is 0 Å². The Balaban J connectivity index is 1.72. The summed E-state index contributed by atoms with van der Waals surface area (Å²) in [4.78, 5) is 24.6. The van der Waals surface area contributed by atoms with Crippen LogP contribution in [0.2, 0.25) is 0 Å². The summed E-state index contributed by atoms with van der Waals surface area (Å²) in [6, 6.07) is 7.75. The summed E-state index contributed by atoms with van der Waals surface area (Å²) >= 11 is 4.80. The van der Waals surface area contributed by atoms with E-state index in [-0.39, 0.29) is 18.0 Å². The molecule has 0 saturated carbocycles. The first-order valence-electron chi connectivity index (χ1n) is 8.12. The van der Waals surface area contributed by atoms with E-state index in [4.69, 9.17) is 14.9 Å². The van der Waals surface area contributed by atoms with E-state index in [1.807, 2.05) is 31.2 Å². The van der Waals surface area contributed by atoms with E-state index in [2.05, 4.69) is 30.9 Å². The minimum atomic E-state index is -0.530. The second-order valence-electron chi connectivity index (χ2n) is 5.49. The number of anilines is 1. The number of nitrogens with two attached hydrogens (primary N) is 1. The normalized spacial score (nSPS) is 10.8. The third-order valence-corrected chi connectivity index (χ3v) is 4.96. The van der Waals surface area contributed by atoms with E-state index >= 15 is 0 Å². The van der Waals surface area contributed by atoms with Gasteiger partial charge in [-0.15, -0.1) is 0 Å². The van der Waals surface area contributed by atoms with E-state index in [1.165, 1.54) is 18.0 Å². The predicted octanol–water partition coefficient (Wildman–Crippen LogP) is 4.25. The predicted molar refractivity (Wildman–Crippen MR) is 106 cm³/mol. The summed E-state index contributed by atoms with van der Waals surface area (Å²) in [5.41, 5.74) is 7.69. The van der Waals surface area contributed by atoms with Crippen LogP contribution in [-0.4, -0.2) is 27.5 Å². The highest BCUT2D eigenvalue weighted by atomic mass is 79.9. The van der Waals surface area contributed by atoms with Crippen molar-refractivity contribution in [3.63, 3.8) is 0 Å². The molecule has 0 radical (unpaired) electrons. The zero-order valence-electron chi connectivity index (χ0n) is 14.7. The Morgan fingerprint density at radius 3 is 2.89 bits per heavy atom. The van der Waals surface area contributed by atoms with Crippen LogP contribution in [0, 0.1) is 6.92 Å². The second kappa shape index (κ2) is 8.53. The smallest absolute Gasteiger partial charge is 0.343 e. The molecule has 140 valence electrons. The number of hydrogen-bond acceptors (Lipinski definition) is 8. The molecule has 7 nitrogen and oxygen atoms in total. The maximum atomic E-state index is 11.7. The number of oxazole rings is 1. The molecular formula is C18H17BrN4O3S. The Hall–Kier alpha value is -2.39. The minimum Gasteiger partial charge on any atom is -0.462 e. The second-order valence-corrected chi connectivity index (χ2v) is 7.35. The first-order valence-corrected chi connectivity index (χ1v) is 9.90. The lowest BCUT2D eigenvalue weighted by atomic mass is 10.2. The molecule has 3 aromatic rings. The van der Waals surface area contributed by atoms with E-state index in [0.29, 0.717) is 16.8 Å². The van der Waals surface area contributed by atoms with Gasteiger partial charge in [-0.25, -0.2) is 19.7 Å². The number of carbonyl (C=O) groups is 1. The van der Waals surface area contributed by atoms with Crippen molar-refractivity contribution < 1.29 is 13.9 Å². The van der Waals surface area contributed by atoms with Crippen molar-refractivity contribution >= 4 is 39.5 Å². The molecule has 2 heterocycles. The Bertz CT molecular complexity index is 977. The molecule has 9 heteroatoms. The Kier molecular flexibility index (Phi) is 6.12. The molecular weight excluding hydrogens is 432 g/mol. The lowest BCUT2D eigenvalue weighted by molar-refractivity contribution is 0.0526. The lowest BCUT2D eigenvalue weighted by Crippen LogP contribution is -2.10. The van der Waals surface area contributed by atoms with Gasteiger partial charge in [0.25, 0.3) is 0 Å².